The first-order valence-corrected chi connectivity index (χ1v) is 12.1. The molecule has 1 N–H and O–H groups in total. The van der Waals surface area contributed by atoms with E-state index in [0.29, 0.717) is 38.0 Å². The van der Waals surface area contributed by atoms with Gasteiger partial charge in [0.15, 0.2) is 17.3 Å². The lowest BCUT2D eigenvalue weighted by molar-refractivity contribution is -0.122. The third kappa shape index (κ3) is 6.81. The van der Waals surface area contributed by atoms with Crippen LogP contribution in [0.5, 0.6) is 11.5 Å². The summed E-state index contributed by atoms with van der Waals surface area (Å²) in [6.07, 6.45) is 4.46. The molecule has 0 bridgehead atoms. The summed E-state index contributed by atoms with van der Waals surface area (Å²) < 4.78 is 11.4. The van der Waals surface area contributed by atoms with Crippen LogP contribution < -0.4 is 14.8 Å². The average Bonchev–Trinajstić information content (AvgIpc) is 3.32. The number of carbonyl (C=O) groups excluding carboxylic acids is 2. The summed E-state index contributed by atoms with van der Waals surface area (Å²) in [6, 6.07) is 13.7. The Morgan fingerprint density at radius 3 is 2.45 bits per heavy atom. The van der Waals surface area contributed by atoms with E-state index in [4.69, 9.17) is 9.47 Å². The Labute approximate surface area is 196 Å². The van der Waals surface area contributed by atoms with Gasteiger partial charge in [-0.15, -0.1) is 0 Å². The fraction of sp³-hybridized carbons (Fsp3) is 0.481. The van der Waals surface area contributed by atoms with Crippen molar-refractivity contribution >= 4 is 11.7 Å². The van der Waals surface area contributed by atoms with Gasteiger partial charge in [-0.1, -0.05) is 35.9 Å². The second kappa shape index (κ2) is 11.3. The van der Waals surface area contributed by atoms with Crippen molar-refractivity contribution in [1.82, 2.24) is 10.2 Å². The number of benzene rings is 2. The number of fused-ring (bicyclic) bond motifs is 1. The Hall–Kier alpha value is -2.86. The molecule has 0 radical (unpaired) electrons. The number of amides is 1. The van der Waals surface area contributed by atoms with E-state index in [1.54, 1.807) is 0 Å². The van der Waals surface area contributed by atoms with Gasteiger partial charge in [-0.05, 0) is 63.4 Å². The van der Waals surface area contributed by atoms with Crippen LogP contribution in [0.1, 0.15) is 53.6 Å². The highest BCUT2D eigenvalue weighted by Gasteiger charge is 2.21. The van der Waals surface area contributed by atoms with E-state index < -0.39 is 0 Å². The standard InChI is InChI=1S/C27H34N2O4/c1-20-7-10-22(11-8-20)24(30)5-4-6-27(31)28-23(19-29-13-2-3-14-29)17-21-9-12-25-26(18-21)33-16-15-32-25/h7-12,18,23H,2-6,13-17,19H2,1H3,(H,28,31). The number of hydrogen-bond donors (Lipinski definition) is 1. The minimum absolute atomic E-state index is 0.00782. The van der Waals surface area contributed by atoms with E-state index in [1.165, 1.54) is 12.8 Å². The molecule has 33 heavy (non-hydrogen) atoms. The van der Waals surface area contributed by atoms with Crippen molar-refractivity contribution in [3.8, 4) is 11.5 Å². The summed E-state index contributed by atoms with van der Waals surface area (Å²) in [5.74, 6) is 1.66. The van der Waals surface area contributed by atoms with Crippen molar-refractivity contribution < 1.29 is 19.1 Å². The lowest BCUT2D eigenvalue weighted by Crippen LogP contribution is -2.44. The second-order valence-electron chi connectivity index (χ2n) is 9.10. The molecule has 1 saturated heterocycles. The third-order valence-electron chi connectivity index (χ3n) is 6.31. The van der Waals surface area contributed by atoms with Crippen LogP contribution in [0.15, 0.2) is 42.5 Å². The first-order chi connectivity index (χ1) is 16.1. The number of nitrogens with zero attached hydrogens (tertiary/aromatic N) is 1. The number of carbonyl (C=O) groups is 2. The van der Waals surface area contributed by atoms with Crippen LogP contribution in [0.4, 0.5) is 0 Å². The summed E-state index contributed by atoms with van der Waals surface area (Å²) in [4.78, 5) is 27.5. The Morgan fingerprint density at radius 2 is 1.70 bits per heavy atom. The van der Waals surface area contributed by atoms with E-state index >= 15 is 0 Å². The van der Waals surface area contributed by atoms with Gasteiger partial charge in [0.1, 0.15) is 13.2 Å². The molecule has 2 aromatic carbocycles. The highest BCUT2D eigenvalue weighted by Crippen LogP contribution is 2.31. The Morgan fingerprint density at radius 1 is 0.970 bits per heavy atom. The molecule has 4 rings (SSSR count). The summed E-state index contributed by atoms with van der Waals surface area (Å²) in [5, 5.41) is 3.23. The van der Waals surface area contributed by atoms with E-state index in [-0.39, 0.29) is 17.7 Å². The minimum atomic E-state index is 0.00782. The van der Waals surface area contributed by atoms with Gasteiger partial charge >= 0.3 is 0 Å². The quantitative estimate of drug-likeness (QED) is 0.556. The van der Waals surface area contributed by atoms with Crippen LogP contribution in [0.25, 0.3) is 0 Å². The zero-order chi connectivity index (χ0) is 23.0. The van der Waals surface area contributed by atoms with E-state index in [1.807, 2.05) is 43.3 Å². The Bertz CT molecular complexity index is 951. The van der Waals surface area contributed by atoms with Gasteiger partial charge in [-0.3, -0.25) is 9.59 Å². The van der Waals surface area contributed by atoms with Gasteiger partial charge in [0, 0.05) is 31.0 Å². The fourth-order valence-corrected chi connectivity index (χ4v) is 4.53. The number of likely N-dealkylation sites (tertiary alicyclic amines) is 1. The molecule has 0 aromatic heterocycles. The molecule has 6 heteroatoms. The molecule has 1 unspecified atom stereocenters. The monoisotopic (exact) mass is 450 g/mol. The van der Waals surface area contributed by atoms with Crippen molar-refractivity contribution in [3.63, 3.8) is 0 Å². The van der Waals surface area contributed by atoms with Crippen LogP contribution in [0.3, 0.4) is 0 Å². The van der Waals surface area contributed by atoms with E-state index in [2.05, 4.69) is 16.3 Å². The molecule has 0 aliphatic carbocycles. The average molecular weight is 451 g/mol. The van der Waals surface area contributed by atoms with Crippen molar-refractivity contribution in [2.75, 3.05) is 32.8 Å². The summed E-state index contributed by atoms with van der Waals surface area (Å²) in [7, 11) is 0. The molecule has 176 valence electrons. The molecule has 0 saturated carbocycles. The first-order valence-electron chi connectivity index (χ1n) is 12.1. The number of aryl methyl sites for hydroxylation is 1. The van der Waals surface area contributed by atoms with Crippen LogP contribution >= 0.6 is 0 Å². The minimum Gasteiger partial charge on any atom is -0.486 e. The highest BCUT2D eigenvalue weighted by molar-refractivity contribution is 5.96. The van der Waals surface area contributed by atoms with Crippen molar-refractivity contribution in [1.29, 1.82) is 0 Å². The number of ketones is 1. The summed E-state index contributed by atoms with van der Waals surface area (Å²) in [5.41, 5.74) is 2.97. The van der Waals surface area contributed by atoms with Gasteiger partial charge in [0.2, 0.25) is 5.91 Å². The number of rotatable bonds is 10. The molecule has 2 aliphatic rings. The number of hydrogen-bond acceptors (Lipinski definition) is 5. The van der Waals surface area contributed by atoms with Gasteiger partial charge in [0.05, 0.1) is 0 Å². The molecular weight excluding hydrogens is 416 g/mol. The normalized spacial score (nSPS) is 16.4. The van der Waals surface area contributed by atoms with Gasteiger partial charge in [0.25, 0.3) is 0 Å². The van der Waals surface area contributed by atoms with Gasteiger partial charge in [-0.2, -0.15) is 0 Å². The van der Waals surface area contributed by atoms with E-state index in [9.17, 15) is 9.59 Å². The largest absolute Gasteiger partial charge is 0.486 e. The maximum atomic E-state index is 12.7. The number of Topliss-reactive ketones (excluding diaryl/α,β-unsaturated/α-hetero) is 1. The van der Waals surface area contributed by atoms with Crippen molar-refractivity contribution in [3.05, 3.63) is 59.2 Å². The van der Waals surface area contributed by atoms with Gasteiger partial charge in [-0.25, -0.2) is 0 Å². The highest BCUT2D eigenvalue weighted by atomic mass is 16.6. The molecule has 2 heterocycles. The van der Waals surface area contributed by atoms with Crippen LogP contribution in [0.2, 0.25) is 0 Å². The lowest BCUT2D eigenvalue weighted by atomic mass is 10.0. The SMILES string of the molecule is Cc1ccc(C(=O)CCCC(=O)NC(Cc2ccc3c(c2)OCCO3)CN2CCCC2)cc1. The molecule has 1 atom stereocenters. The molecule has 0 spiro atoms. The molecule has 1 fully saturated rings. The summed E-state index contributed by atoms with van der Waals surface area (Å²) in [6.45, 7) is 6.14. The Kier molecular flexibility index (Phi) is 8.00. The number of nitrogens with one attached hydrogen (secondary N) is 1. The molecular formula is C27H34N2O4. The van der Waals surface area contributed by atoms with Crippen LogP contribution in [0, 0.1) is 6.92 Å². The first kappa shape index (κ1) is 23.3. The van der Waals surface area contributed by atoms with Crippen LogP contribution in [-0.4, -0.2) is 55.5 Å². The van der Waals surface area contributed by atoms with Crippen molar-refractivity contribution in [2.24, 2.45) is 0 Å². The molecule has 2 aliphatic heterocycles. The summed E-state index contributed by atoms with van der Waals surface area (Å²) >= 11 is 0. The van der Waals surface area contributed by atoms with E-state index in [0.717, 1.165) is 48.7 Å². The van der Waals surface area contributed by atoms with Gasteiger partial charge < -0.3 is 19.7 Å². The predicted molar refractivity (Wildman–Crippen MR) is 128 cm³/mol. The maximum Gasteiger partial charge on any atom is 0.220 e. The topological polar surface area (TPSA) is 67.9 Å². The smallest absolute Gasteiger partial charge is 0.220 e. The third-order valence-corrected chi connectivity index (χ3v) is 6.31. The molecule has 6 nitrogen and oxygen atoms in total. The van der Waals surface area contributed by atoms with Crippen LogP contribution in [-0.2, 0) is 11.2 Å². The molecule has 1 amide bonds. The Balaban J connectivity index is 1.31. The second-order valence-corrected chi connectivity index (χ2v) is 9.10. The fourth-order valence-electron chi connectivity index (χ4n) is 4.53. The number of ether oxygens (including phenoxy) is 2. The zero-order valence-corrected chi connectivity index (χ0v) is 19.5. The predicted octanol–water partition coefficient (Wildman–Crippen LogP) is 3.94. The lowest BCUT2D eigenvalue weighted by Gasteiger charge is -2.25. The maximum absolute atomic E-state index is 12.7. The zero-order valence-electron chi connectivity index (χ0n) is 19.5. The van der Waals surface area contributed by atoms with Crippen molar-refractivity contribution in [2.45, 2.75) is 51.5 Å². The molecule has 2 aromatic rings.